The molecular weight excluding hydrogens is 302 g/mol. The summed E-state index contributed by atoms with van der Waals surface area (Å²) in [6.07, 6.45) is 1.45. The molecule has 0 spiro atoms. The maximum absolute atomic E-state index is 12.3. The number of para-hydroxylation sites is 1. The largest absolute Gasteiger partial charge is 0.455 e. The van der Waals surface area contributed by atoms with Crippen LogP contribution >= 0.6 is 0 Å². The lowest BCUT2D eigenvalue weighted by molar-refractivity contribution is -0.149. The van der Waals surface area contributed by atoms with Crippen LogP contribution in [0.15, 0.2) is 54.6 Å². The molecule has 1 N–H and O–H groups in total. The Morgan fingerprint density at radius 2 is 1.67 bits per heavy atom. The second-order valence-electron chi connectivity index (χ2n) is 5.54. The number of hydrogen-bond donors (Lipinski definition) is 1. The first-order valence-corrected chi connectivity index (χ1v) is 8.25. The standard InChI is InChI=1S/C20H23NO3/c1-3-15-10-8-9-13-18(15)21-19(22)14-24-20(23)17(4-2)16-11-6-5-7-12-16/h5-13,17H,3-4,14H2,1-2H3,(H,21,22). The van der Waals surface area contributed by atoms with Gasteiger partial charge in [0, 0.05) is 5.69 Å². The minimum atomic E-state index is -0.373. The van der Waals surface area contributed by atoms with E-state index in [-0.39, 0.29) is 24.4 Å². The van der Waals surface area contributed by atoms with E-state index in [1.165, 1.54) is 0 Å². The van der Waals surface area contributed by atoms with Gasteiger partial charge in [0.2, 0.25) is 0 Å². The number of anilines is 1. The third-order valence-electron chi connectivity index (χ3n) is 3.91. The van der Waals surface area contributed by atoms with Gasteiger partial charge in [0.25, 0.3) is 5.91 Å². The molecule has 0 heterocycles. The predicted molar refractivity (Wildman–Crippen MR) is 94.9 cm³/mol. The zero-order valence-electron chi connectivity index (χ0n) is 14.1. The summed E-state index contributed by atoms with van der Waals surface area (Å²) in [5, 5.41) is 2.80. The van der Waals surface area contributed by atoms with Gasteiger partial charge in [0.05, 0.1) is 5.92 Å². The highest BCUT2D eigenvalue weighted by molar-refractivity contribution is 5.93. The van der Waals surface area contributed by atoms with Crippen molar-refractivity contribution in [3.05, 3.63) is 65.7 Å². The summed E-state index contributed by atoms with van der Waals surface area (Å²) >= 11 is 0. The molecule has 1 atom stereocenters. The molecule has 0 aliphatic carbocycles. The number of ether oxygens (including phenoxy) is 1. The number of rotatable bonds is 7. The third-order valence-corrected chi connectivity index (χ3v) is 3.91. The topological polar surface area (TPSA) is 55.4 Å². The third kappa shape index (κ3) is 4.69. The van der Waals surface area contributed by atoms with Crippen LogP contribution in [0.3, 0.4) is 0 Å². The molecule has 2 aromatic rings. The van der Waals surface area contributed by atoms with Crippen LogP contribution in [0.4, 0.5) is 5.69 Å². The van der Waals surface area contributed by atoms with E-state index in [2.05, 4.69) is 5.32 Å². The van der Waals surface area contributed by atoms with Crippen molar-refractivity contribution < 1.29 is 14.3 Å². The summed E-state index contributed by atoms with van der Waals surface area (Å²) in [6.45, 7) is 3.67. The average Bonchev–Trinajstić information content (AvgIpc) is 2.62. The number of esters is 1. The van der Waals surface area contributed by atoms with E-state index in [0.29, 0.717) is 6.42 Å². The van der Waals surface area contributed by atoms with Crippen molar-refractivity contribution in [2.45, 2.75) is 32.6 Å². The van der Waals surface area contributed by atoms with Gasteiger partial charge < -0.3 is 10.1 Å². The van der Waals surface area contributed by atoms with Crippen LogP contribution in [0.5, 0.6) is 0 Å². The zero-order chi connectivity index (χ0) is 17.4. The summed E-state index contributed by atoms with van der Waals surface area (Å²) in [4.78, 5) is 24.3. The van der Waals surface area contributed by atoms with Crippen LogP contribution in [-0.2, 0) is 20.7 Å². The van der Waals surface area contributed by atoms with Crippen molar-refractivity contribution in [1.29, 1.82) is 0 Å². The fourth-order valence-corrected chi connectivity index (χ4v) is 2.60. The Balaban J connectivity index is 1.92. The van der Waals surface area contributed by atoms with E-state index in [1.807, 2.05) is 68.4 Å². The van der Waals surface area contributed by atoms with E-state index in [0.717, 1.165) is 23.2 Å². The Bertz CT molecular complexity index is 682. The lowest BCUT2D eigenvalue weighted by Gasteiger charge is -2.15. The zero-order valence-corrected chi connectivity index (χ0v) is 14.1. The molecule has 2 aromatic carbocycles. The van der Waals surface area contributed by atoms with E-state index in [1.54, 1.807) is 0 Å². The van der Waals surface area contributed by atoms with Crippen LogP contribution in [-0.4, -0.2) is 18.5 Å². The first-order valence-electron chi connectivity index (χ1n) is 8.25. The molecule has 0 saturated heterocycles. The van der Waals surface area contributed by atoms with Crippen LogP contribution in [0.2, 0.25) is 0 Å². The number of benzene rings is 2. The SMILES string of the molecule is CCc1ccccc1NC(=O)COC(=O)C(CC)c1ccccc1. The quantitative estimate of drug-likeness (QED) is 0.785. The monoisotopic (exact) mass is 325 g/mol. The summed E-state index contributed by atoms with van der Waals surface area (Å²) in [5.74, 6) is -1.04. The van der Waals surface area contributed by atoms with Gasteiger partial charge in [0.1, 0.15) is 0 Å². The maximum Gasteiger partial charge on any atom is 0.313 e. The van der Waals surface area contributed by atoms with E-state index < -0.39 is 0 Å². The number of carbonyl (C=O) groups is 2. The van der Waals surface area contributed by atoms with Crippen LogP contribution < -0.4 is 5.32 Å². The van der Waals surface area contributed by atoms with Gasteiger partial charge in [0.15, 0.2) is 6.61 Å². The second kappa shape index (κ2) is 8.87. The fraction of sp³-hybridized carbons (Fsp3) is 0.300. The molecule has 2 rings (SSSR count). The van der Waals surface area contributed by atoms with Gasteiger partial charge in [-0.3, -0.25) is 9.59 Å². The van der Waals surface area contributed by atoms with Gasteiger partial charge in [-0.05, 0) is 30.0 Å². The van der Waals surface area contributed by atoms with E-state index >= 15 is 0 Å². The summed E-state index contributed by atoms with van der Waals surface area (Å²) in [6, 6.07) is 17.1. The minimum absolute atomic E-state index is 0.278. The smallest absolute Gasteiger partial charge is 0.313 e. The van der Waals surface area contributed by atoms with Crippen molar-refractivity contribution in [3.63, 3.8) is 0 Å². The predicted octanol–water partition coefficient (Wildman–Crippen LogP) is 3.92. The highest BCUT2D eigenvalue weighted by atomic mass is 16.5. The van der Waals surface area contributed by atoms with Gasteiger partial charge in [-0.2, -0.15) is 0 Å². The molecule has 0 fully saturated rings. The Morgan fingerprint density at radius 1 is 1.00 bits per heavy atom. The van der Waals surface area contributed by atoms with Gasteiger partial charge in [-0.1, -0.05) is 62.4 Å². The molecule has 0 radical (unpaired) electrons. The van der Waals surface area contributed by atoms with Crippen molar-refractivity contribution in [1.82, 2.24) is 0 Å². The Labute approximate surface area is 142 Å². The number of amides is 1. The highest BCUT2D eigenvalue weighted by Crippen LogP contribution is 2.21. The van der Waals surface area contributed by atoms with Crippen molar-refractivity contribution in [3.8, 4) is 0 Å². The van der Waals surface area contributed by atoms with Gasteiger partial charge >= 0.3 is 5.97 Å². The molecule has 0 bridgehead atoms. The molecule has 24 heavy (non-hydrogen) atoms. The molecule has 0 saturated carbocycles. The average molecular weight is 325 g/mol. The van der Waals surface area contributed by atoms with Crippen molar-refractivity contribution in [2.24, 2.45) is 0 Å². The first-order chi connectivity index (χ1) is 11.7. The lowest BCUT2D eigenvalue weighted by Crippen LogP contribution is -2.24. The molecule has 1 amide bonds. The lowest BCUT2D eigenvalue weighted by atomic mass is 9.97. The Hall–Kier alpha value is -2.62. The Kier molecular flexibility index (Phi) is 6.55. The second-order valence-corrected chi connectivity index (χ2v) is 5.54. The van der Waals surface area contributed by atoms with Gasteiger partial charge in [-0.15, -0.1) is 0 Å². The Morgan fingerprint density at radius 3 is 2.33 bits per heavy atom. The fourth-order valence-electron chi connectivity index (χ4n) is 2.60. The first kappa shape index (κ1) is 17.7. The van der Waals surface area contributed by atoms with Crippen molar-refractivity contribution in [2.75, 3.05) is 11.9 Å². The summed E-state index contributed by atoms with van der Waals surface area (Å²) in [5.41, 5.74) is 2.71. The minimum Gasteiger partial charge on any atom is -0.455 e. The molecule has 0 aliphatic rings. The van der Waals surface area contributed by atoms with Gasteiger partial charge in [-0.25, -0.2) is 0 Å². The maximum atomic E-state index is 12.3. The van der Waals surface area contributed by atoms with E-state index in [4.69, 9.17) is 4.74 Å². The van der Waals surface area contributed by atoms with Crippen LogP contribution in [0.25, 0.3) is 0 Å². The normalized spacial score (nSPS) is 11.6. The number of aryl methyl sites for hydroxylation is 1. The van der Waals surface area contributed by atoms with Crippen LogP contribution in [0.1, 0.15) is 37.3 Å². The molecule has 1 unspecified atom stereocenters. The van der Waals surface area contributed by atoms with E-state index in [9.17, 15) is 9.59 Å². The van der Waals surface area contributed by atoms with Crippen molar-refractivity contribution >= 4 is 17.6 Å². The molecule has 0 aliphatic heterocycles. The molecule has 4 nitrogen and oxygen atoms in total. The highest BCUT2D eigenvalue weighted by Gasteiger charge is 2.21. The molecule has 4 heteroatoms. The molecule has 126 valence electrons. The van der Waals surface area contributed by atoms with Crippen LogP contribution in [0, 0.1) is 0 Å². The summed E-state index contributed by atoms with van der Waals surface area (Å²) < 4.78 is 5.21. The number of carbonyl (C=O) groups excluding carboxylic acids is 2. The summed E-state index contributed by atoms with van der Waals surface area (Å²) in [7, 11) is 0. The number of nitrogens with one attached hydrogen (secondary N) is 1. The molecular formula is C20H23NO3. The number of hydrogen-bond acceptors (Lipinski definition) is 3. The molecule has 0 aromatic heterocycles.